The Balaban J connectivity index is 0.00000214. The summed E-state index contributed by atoms with van der Waals surface area (Å²) in [6.07, 6.45) is 12.8. The van der Waals surface area contributed by atoms with Crippen molar-refractivity contribution in [3.05, 3.63) is 222 Å². The van der Waals surface area contributed by atoms with Crippen LogP contribution in [0.15, 0.2) is 194 Å². The molecular formula is C52H47N. The molecule has 0 amide bonds. The summed E-state index contributed by atoms with van der Waals surface area (Å²) in [5.74, 6) is 0. The van der Waals surface area contributed by atoms with Gasteiger partial charge in [0.15, 0.2) is 0 Å². The van der Waals surface area contributed by atoms with Crippen molar-refractivity contribution in [2.24, 2.45) is 0 Å². The monoisotopic (exact) mass is 685 g/mol. The van der Waals surface area contributed by atoms with Crippen LogP contribution in [0.4, 0.5) is 17.1 Å². The van der Waals surface area contributed by atoms with E-state index in [0.717, 1.165) is 28.2 Å². The molecule has 1 atom stereocenters. The number of hydrogen-bond acceptors (Lipinski definition) is 1. The molecule has 1 unspecified atom stereocenters. The molecule has 0 radical (unpaired) electrons. The van der Waals surface area contributed by atoms with Crippen molar-refractivity contribution in [3.8, 4) is 22.3 Å². The van der Waals surface area contributed by atoms with Gasteiger partial charge in [-0.25, -0.2) is 0 Å². The van der Waals surface area contributed by atoms with E-state index < -0.39 is 5.41 Å². The quantitative estimate of drug-likeness (QED) is 0.144. The highest BCUT2D eigenvalue weighted by atomic mass is 15.1. The Hall–Kier alpha value is -6.18. The Bertz CT molecular complexity index is 2400. The molecule has 6 aromatic carbocycles. The molecule has 0 bridgehead atoms. The third-order valence-electron chi connectivity index (χ3n) is 10.5. The first-order valence-electron chi connectivity index (χ1n) is 18.8. The maximum absolute atomic E-state index is 4.05. The van der Waals surface area contributed by atoms with Gasteiger partial charge in [-0.05, 0) is 112 Å². The van der Waals surface area contributed by atoms with Crippen LogP contribution in [-0.4, -0.2) is 0 Å². The number of para-hydroxylation sites is 1. The minimum Gasteiger partial charge on any atom is -0.310 e. The standard InChI is InChI=1S/C50H41N.C2H6/c1-5-17-38(18-6-2)42-23-13-16-27-49(42)51(39-30-28-37(29-31-39)36-20-9-8-10-21-36)40-32-33-44-43-24-12-15-26-47(43)50(48(44)34-40)45(19-7-3)35(4)41-22-11-14-25-46(41)50;1-2/h5-34H,1H2,2-4H3;1-2H3/b18-6-,19-7-,38-17+;. The minimum absolute atomic E-state index is 0.420. The molecular weight excluding hydrogens is 639 g/mol. The van der Waals surface area contributed by atoms with E-state index in [4.69, 9.17) is 0 Å². The van der Waals surface area contributed by atoms with Crippen LogP contribution in [0.2, 0.25) is 0 Å². The van der Waals surface area contributed by atoms with E-state index in [9.17, 15) is 0 Å². The Morgan fingerprint density at radius 1 is 0.585 bits per heavy atom. The molecule has 1 nitrogen and oxygen atoms in total. The van der Waals surface area contributed by atoms with E-state index in [0.29, 0.717) is 0 Å². The highest BCUT2D eigenvalue weighted by Gasteiger charge is 2.51. The summed E-state index contributed by atoms with van der Waals surface area (Å²) in [6.45, 7) is 14.5. The van der Waals surface area contributed by atoms with E-state index in [-0.39, 0.29) is 0 Å². The Morgan fingerprint density at radius 3 is 1.87 bits per heavy atom. The fourth-order valence-corrected chi connectivity index (χ4v) is 8.43. The van der Waals surface area contributed by atoms with Crippen LogP contribution >= 0.6 is 0 Å². The van der Waals surface area contributed by atoms with Gasteiger partial charge < -0.3 is 4.90 Å². The minimum atomic E-state index is -0.420. The van der Waals surface area contributed by atoms with Gasteiger partial charge in [-0.2, -0.15) is 0 Å². The summed E-state index contributed by atoms with van der Waals surface area (Å²) >= 11 is 0. The van der Waals surface area contributed by atoms with Crippen molar-refractivity contribution in [3.63, 3.8) is 0 Å². The molecule has 260 valence electrons. The van der Waals surface area contributed by atoms with Gasteiger partial charge in [0, 0.05) is 16.9 Å². The van der Waals surface area contributed by atoms with E-state index in [1.807, 2.05) is 19.9 Å². The molecule has 0 aliphatic heterocycles. The normalized spacial score (nSPS) is 15.7. The molecule has 0 fully saturated rings. The lowest BCUT2D eigenvalue weighted by Gasteiger charge is -2.33. The highest BCUT2D eigenvalue weighted by molar-refractivity contribution is 5.97. The number of fused-ring (bicyclic) bond motifs is 7. The third kappa shape index (κ3) is 5.83. The second kappa shape index (κ2) is 15.2. The summed E-state index contributed by atoms with van der Waals surface area (Å²) in [5.41, 5.74) is 18.1. The lowest BCUT2D eigenvalue weighted by Crippen LogP contribution is -2.27. The van der Waals surface area contributed by atoms with Crippen molar-refractivity contribution in [2.75, 3.05) is 4.90 Å². The van der Waals surface area contributed by atoms with E-state index in [1.54, 1.807) is 0 Å². The smallest absolute Gasteiger partial charge is 0.0722 e. The van der Waals surface area contributed by atoms with Crippen LogP contribution in [0.25, 0.3) is 33.4 Å². The number of nitrogens with zero attached hydrogens (tertiary/aromatic N) is 1. The zero-order valence-electron chi connectivity index (χ0n) is 31.5. The second-order valence-electron chi connectivity index (χ2n) is 13.2. The van der Waals surface area contributed by atoms with E-state index in [2.05, 4.69) is 208 Å². The second-order valence-corrected chi connectivity index (χ2v) is 13.2. The molecule has 53 heavy (non-hydrogen) atoms. The van der Waals surface area contributed by atoms with Crippen molar-refractivity contribution in [1.29, 1.82) is 0 Å². The topological polar surface area (TPSA) is 3.24 Å². The number of benzene rings is 6. The fourth-order valence-electron chi connectivity index (χ4n) is 8.43. The molecule has 0 saturated heterocycles. The number of allylic oxidation sites excluding steroid dienone is 9. The maximum Gasteiger partial charge on any atom is 0.0722 e. The zero-order valence-corrected chi connectivity index (χ0v) is 31.5. The van der Waals surface area contributed by atoms with Crippen LogP contribution < -0.4 is 4.90 Å². The molecule has 1 spiro atoms. The molecule has 0 heterocycles. The number of hydrogen-bond donors (Lipinski definition) is 0. The van der Waals surface area contributed by atoms with Gasteiger partial charge >= 0.3 is 0 Å². The number of rotatable bonds is 8. The van der Waals surface area contributed by atoms with Gasteiger partial charge in [0.1, 0.15) is 0 Å². The van der Waals surface area contributed by atoms with Crippen molar-refractivity contribution in [1.82, 2.24) is 0 Å². The maximum atomic E-state index is 4.05. The summed E-state index contributed by atoms with van der Waals surface area (Å²) in [5, 5.41) is 0. The van der Waals surface area contributed by atoms with Crippen molar-refractivity contribution < 1.29 is 0 Å². The third-order valence-corrected chi connectivity index (χ3v) is 10.5. The average Bonchev–Trinajstić information content (AvgIpc) is 3.65. The first-order valence-corrected chi connectivity index (χ1v) is 18.8. The molecule has 8 rings (SSSR count). The Labute approximate surface area is 316 Å². The van der Waals surface area contributed by atoms with Crippen LogP contribution in [0.1, 0.15) is 62.4 Å². The molecule has 1 heteroatoms. The zero-order chi connectivity index (χ0) is 37.0. The summed E-state index contributed by atoms with van der Waals surface area (Å²) in [6, 6.07) is 53.4. The van der Waals surface area contributed by atoms with Crippen molar-refractivity contribution >= 4 is 28.2 Å². The van der Waals surface area contributed by atoms with Gasteiger partial charge in [0.2, 0.25) is 0 Å². The van der Waals surface area contributed by atoms with Crippen LogP contribution in [-0.2, 0) is 5.41 Å². The van der Waals surface area contributed by atoms with Gasteiger partial charge in [0.25, 0.3) is 0 Å². The number of anilines is 3. The van der Waals surface area contributed by atoms with Crippen LogP contribution in [0, 0.1) is 0 Å². The summed E-state index contributed by atoms with van der Waals surface area (Å²) in [7, 11) is 0. The van der Waals surface area contributed by atoms with Gasteiger partial charge in [-0.15, -0.1) is 0 Å². The van der Waals surface area contributed by atoms with E-state index >= 15 is 0 Å². The molecule has 6 aromatic rings. The molecule has 2 aliphatic carbocycles. The fraction of sp³-hybridized carbons (Fsp3) is 0.115. The molecule has 2 aliphatic rings. The van der Waals surface area contributed by atoms with Crippen LogP contribution in [0.3, 0.4) is 0 Å². The predicted octanol–water partition coefficient (Wildman–Crippen LogP) is 14.7. The molecule has 0 N–H and O–H groups in total. The predicted molar refractivity (Wildman–Crippen MR) is 230 cm³/mol. The van der Waals surface area contributed by atoms with Gasteiger partial charge in [-0.1, -0.05) is 172 Å². The molecule has 0 aromatic heterocycles. The SMILES string of the molecule is C=C/C=C(\C=C/C)c1ccccc1N(c1ccc(-c2ccccc2)cc1)c1ccc2c(c1)C1(C(/C=C\C)=C(C)c3ccccc31)c1ccccc1-2.CC. The summed E-state index contributed by atoms with van der Waals surface area (Å²) in [4.78, 5) is 2.42. The van der Waals surface area contributed by atoms with Crippen LogP contribution in [0.5, 0.6) is 0 Å². The highest BCUT2D eigenvalue weighted by Crippen LogP contribution is 2.62. The molecule has 0 saturated carbocycles. The van der Waals surface area contributed by atoms with Gasteiger partial charge in [-0.3, -0.25) is 0 Å². The lowest BCUT2D eigenvalue weighted by atomic mass is 9.69. The Kier molecular flexibility index (Phi) is 10.1. The first kappa shape index (κ1) is 35.2. The largest absolute Gasteiger partial charge is 0.310 e. The average molecular weight is 686 g/mol. The van der Waals surface area contributed by atoms with E-state index in [1.165, 1.54) is 55.7 Å². The summed E-state index contributed by atoms with van der Waals surface area (Å²) < 4.78 is 0. The lowest BCUT2D eigenvalue weighted by molar-refractivity contribution is 0.785. The Morgan fingerprint density at radius 2 is 1.17 bits per heavy atom. The van der Waals surface area contributed by atoms with Gasteiger partial charge in [0.05, 0.1) is 11.1 Å². The van der Waals surface area contributed by atoms with Crippen molar-refractivity contribution in [2.45, 2.75) is 40.0 Å². The first-order chi connectivity index (χ1) is 26.1.